The standard InChI is InChI=1S/C27H27FN4O6/c1-3-27(36)16-6-20-24-14(8-32(20)25(34)15(16)9-38-26(27)35)23-18(30-21(33)10-37-11-29)5-4-13-12(2)17(28)7-19(31-24)22(13)23/h6-7,18,36H,3-5,8-11,29H2,1-2H3,(H,30,33)/t18?,27-/m0/s1. The molecule has 3 aromatic rings. The van der Waals surface area contributed by atoms with Crippen LogP contribution in [0.25, 0.3) is 22.3 Å². The molecule has 4 N–H and O–H groups in total. The quantitative estimate of drug-likeness (QED) is 0.265. The number of amides is 1. The number of rotatable bonds is 5. The van der Waals surface area contributed by atoms with E-state index in [1.807, 2.05) is 0 Å². The Morgan fingerprint density at radius 2 is 2.13 bits per heavy atom. The lowest BCUT2D eigenvalue weighted by molar-refractivity contribution is -0.172. The molecule has 11 heteroatoms. The first kappa shape index (κ1) is 24.7. The van der Waals surface area contributed by atoms with Gasteiger partial charge in [0.05, 0.1) is 41.8 Å². The number of aromatic nitrogens is 2. The zero-order chi connectivity index (χ0) is 26.9. The Morgan fingerprint density at radius 1 is 1.34 bits per heavy atom. The van der Waals surface area contributed by atoms with Gasteiger partial charge in [0.25, 0.3) is 5.56 Å². The normalized spacial score (nSPS) is 21.1. The Kier molecular flexibility index (Phi) is 5.64. The molecule has 0 saturated heterocycles. The number of hydrogen-bond donors (Lipinski definition) is 3. The van der Waals surface area contributed by atoms with Crippen molar-refractivity contribution in [3.8, 4) is 11.4 Å². The number of aryl methyl sites for hydroxylation is 1. The summed E-state index contributed by atoms with van der Waals surface area (Å²) in [5.74, 6) is -1.52. The van der Waals surface area contributed by atoms with Crippen LogP contribution in [-0.2, 0) is 44.2 Å². The number of halogens is 1. The summed E-state index contributed by atoms with van der Waals surface area (Å²) in [6.07, 6.45) is 1.09. The number of pyridine rings is 2. The van der Waals surface area contributed by atoms with E-state index in [9.17, 15) is 23.9 Å². The van der Waals surface area contributed by atoms with Gasteiger partial charge in [-0.1, -0.05) is 6.92 Å². The van der Waals surface area contributed by atoms with Gasteiger partial charge in [-0.15, -0.1) is 0 Å². The van der Waals surface area contributed by atoms with Crippen LogP contribution in [0.2, 0.25) is 0 Å². The maximum absolute atomic E-state index is 14.9. The molecule has 1 unspecified atom stereocenters. The monoisotopic (exact) mass is 522 g/mol. The van der Waals surface area contributed by atoms with Crippen LogP contribution in [-0.4, -0.2) is 39.9 Å². The number of carbonyl (C=O) groups is 2. The number of cyclic esters (lactones) is 1. The van der Waals surface area contributed by atoms with Crippen LogP contribution >= 0.6 is 0 Å². The maximum Gasteiger partial charge on any atom is 0.343 e. The molecule has 198 valence electrons. The van der Waals surface area contributed by atoms with E-state index >= 15 is 0 Å². The summed E-state index contributed by atoms with van der Waals surface area (Å²) in [6.45, 7) is 3.02. The predicted molar refractivity (Wildman–Crippen MR) is 133 cm³/mol. The molecule has 3 aliphatic rings. The van der Waals surface area contributed by atoms with Crippen LogP contribution in [0.3, 0.4) is 0 Å². The van der Waals surface area contributed by atoms with E-state index in [1.54, 1.807) is 19.9 Å². The summed E-state index contributed by atoms with van der Waals surface area (Å²) in [5, 5.41) is 14.9. The molecule has 1 aromatic carbocycles. The molecule has 4 heterocycles. The number of benzene rings is 1. The first-order valence-corrected chi connectivity index (χ1v) is 12.6. The van der Waals surface area contributed by atoms with Crippen LogP contribution in [0.4, 0.5) is 4.39 Å². The van der Waals surface area contributed by atoms with Gasteiger partial charge in [-0.25, -0.2) is 14.2 Å². The number of carbonyl (C=O) groups excluding carboxylic acids is 2. The third-order valence-corrected chi connectivity index (χ3v) is 8.06. The summed E-state index contributed by atoms with van der Waals surface area (Å²) < 4.78 is 26.7. The van der Waals surface area contributed by atoms with Gasteiger partial charge in [-0.05, 0) is 48.9 Å². The van der Waals surface area contributed by atoms with Gasteiger partial charge in [-0.3, -0.25) is 9.59 Å². The molecule has 0 bridgehead atoms. The third-order valence-electron chi connectivity index (χ3n) is 8.06. The summed E-state index contributed by atoms with van der Waals surface area (Å²) in [4.78, 5) is 43.5. The molecule has 1 amide bonds. The van der Waals surface area contributed by atoms with Gasteiger partial charge in [0, 0.05) is 22.6 Å². The number of esters is 1. The second-order valence-electron chi connectivity index (χ2n) is 9.99. The van der Waals surface area contributed by atoms with Gasteiger partial charge in [0.2, 0.25) is 5.91 Å². The lowest BCUT2D eigenvalue weighted by Gasteiger charge is -2.31. The predicted octanol–water partition coefficient (Wildman–Crippen LogP) is 1.56. The highest BCUT2D eigenvalue weighted by atomic mass is 19.1. The van der Waals surface area contributed by atoms with Crippen molar-refractivity contribution in [3.63, 3.8) is 0 Å². The fraction of sp³-hybridized carbons (Fsp3) is 0.407. The minimum atomic E-state index is -1.95. The minimum absolute atomic E-state index is 0.0256. The lowest BCUT2D eigenvalue weighted by Crippen LogP contribution is -2.44. The average molecular weight is 523 g/mol. The molecule has 1 aliphatic carbocycles. The van der Waals surface area contributed by atoms with E-state index in [4.69, 9.17) is 20.2 Å². The summed E-state index contributed by atoms with van der Waals surface area (Å²) in [5.41, 5.74) is 7.63. The molecular weight excluding hydrogens is 495 g/mol. The highest BCUT2D eigenvalue weighted by molar-refractivity contribution is 5.94. The van der Waals surface area contributed by atoms with E-state index in [1.165, 1.54) is 10.6 Å². The number of ether oxygens (including phenoxy) is 2. The molecular formula is C27H27FN4O6. The van der Waals surface area contributed by atoms with Crippen molar-refractivity contribution in [1.29, 1.82) is 0 Å². The highest BCUT2D eigenvalue weighted by Gasteiger charge is 2.46. The van der Waals surface area contributed by atoms with E-state index in [-0.39, 0.29) is 61.3 Å². The third kappa shape index (κ3) is 3.35. The topological polar surface area (TPSA) is 146 Å². The van der Waals surface area contributed by atoms with Crippen molar-refractivity contribution < 1.29 is 28.6 Å². The average Bonchev–Trinajstić information content (AvgIpc) is 3.27. The number of aliphatic hydroxyl groups is 1. The molecule has 2 atom stereocenters. The zero-order valence-electron chi connectivity index (χ0n) is 21.0. The van der Waals surface area contributed by atoms with E-state index in [2.05, 4.69) is 5.32 Å². The summed E-state index contributed by atoms with van der Waals surface area (Å²) >= 11 is 0. The van der Waals surface area contributed by atoms with Crippen molar-refractivity contribution >= 4 is 22.8 Å². The van der Waals surface area contributed by atoms with Crippen LogP contribution in [0.1, 0.15) is 59.2 Å². The smallest absolute Gasteiger partial charge is 0.343 e. The Bertz CT molecular complexity index is 1620. The van der Waals surface area contributed by atoms with Crippen LogP contribution in [0, 0.1) is 12.7 Å². The zero-order valence-corrected chi connectivity index (χ0v) is 21.0. The first-order valence-electron chi connectivity index (χ1n) is 12.6. The highest BCUT2D eigenvalue weighted by Crippen LogP contribution is 2.45. The van der Waals surface area contributed by atoms with Crippen LogP contribution in [0.15, 0.2) is 16.9 Å². The molecule has 38 heavy (non-hydrogen) atoms. The van der Waals surface area contributed by atoms with Crippen molar-refractivity contribution in [2.24, 2.45) is 5.73 Å². The molecule has 10 nitrogen and oxygen atoms in total. The Hall–Kier alpha value is -3.67. The molecule has 0 fully saturated rings. The van der Waals surface area contributed by atoms with E-state index in [0.717, 1.165) is 22.1 Å². The van der Waals surface area contributed by atoms with Crippen molar-refractivity contribution in [3.05, 3.63) is 61.7 Å². The van der Waals surface area contributed by atoms with Crippen LogP contribution in [0.5, 0.6) is 0 Å². The van der Waals surface area contributed by atoms with Crippen LogP contribution < -0.4 is 16.6 Å². The Morgan fingerprint density at radius 3 is 2.87 bits per heavy atom. The van der Waals surface area contributed by atoms with Crippen molar-refractivity contribution in [2.45, 2.75) is 57.9 Å². The molecule has 0 saturated carbocycles. The van der Waals surface area contributed by atoms with E-state index in [0.29, 0.717) is 35.3 Å². The number of fused-ring (bicyclic) bond motifs is 5. The Labute approximate surface area is 216 Å². The molecule has 2 aliphatic heterocycles. The van der Waals surface area contributed by atoms with Gasteiger partial charge in [-0.2, -0.15) is 0 Å². The number of nitrogens with one attached hydrogen (secondary N) is 1. The fourth-order valence-electron chi connectivity index (χ4n) is 6.09. The van der Waals surface area contributed by atoms with Gasteiger partial charge in [0.15, 0.2) is 5.60 Å². The summed E-state index contributed by atoms with van der Waals surface area (Å²) in [7, 11) is 0. The second kappa shape index (κ2) is 8.69. The largest absolute Gasteiger partial charge is 0.458 e. The molecule has 2 aromatic heterocycles. The molecule has 0 spiro atoms. The number of hydrogen-bond acceptors (Lipinski definition) is 8. The minimum Gasteiger partial charge on any atom is -0.458 e. The van der Waals surface area contributed by atoms with Crippen molar-refractivity contribution in [2.75, 3.05) is 13.3 Å². The molecule has 0 radical (unpaired) electrons. The van der Waals surface area contributed by atoms with Gasteiger partial charge >= 0.3 is 5.97 Å². The fourth-order valence-corrected chi connectivity index (χ4v) is 6.09. The summed E-state index contributed by atoms with van der Waals surface area (Å²) in [6, 6.07) is 2.57. The maximum atomic E-state index is 14.9. The van der Waals surface area contributed by atoms with Gasteiger partial charge < -0.3 is 30.2 Å². The number of nitrogens with zero attached hydrogens (tertiary/aromatic N) is 2. The lowest BCUT2D eigenvalue weighted by atomic mass is 9.81. The Balaban J connectivity index is 1.60. The van der Waals surface area contributed by atoms with E-state index < -0.39 is 17.6 Å². The number of nitrogens with two attached hydrogens (primary N) is 1. The SMILES string of the molecule is CC[C@@]1(O)C(=O)OCc2c1cc1n(c2=O)Cc2c-1nc1cc(F)c(C)c3c1c2C(NC(=O)COCN)CC3. The second-order valence-corrected chi connectivity index (χ2v) is 9.99. The van der Waals surface area contributed by atoms with Crippen molar-refractivity contribution in [1.82, 2.24) is 14.9 Å². The first-order chi connectivity index (χ1) is 18.2. The van der Waals surface area contributed by atoms with Gasteiger partial charge in [0.1, 0.15) is 19.0 Å². The molecule has 6 rings (SSSR count).